The second-order valence-electron chi connectivity index (χ2n) is 2.92. The molecule has 1 aromatic carbocycles. The van der Waals surface area contributed by atoms with Crippen LogP contribution in [-0.2, 0) is 0 Å². The zero-order valence-corrected chi connectivity index (χ0v) is 11.9. The molecule has 88 valence electrons. The molecule has 0 bridgehead atoms. The zero-order chi connectivity index (χ0) is 12.3. The third-order valence-electron chi connectivity index (χ3n) is 1.88. The van der Waals surface area contributed by atoms with Crippen LogP contribution in [0, 0.1) is 0 Å². The lowest BCUT2D eigenvalue weighted by atomic mass is 10.2. The van der Waals surface area contributed by atoms with Gasteiger partial charge >= 0.3 is 0 Å². The van der Waals surface area contributed by atoms with Crippen LogP contribution in [0.4, 0.5) is 0 Å². The Labute approximate surface area is 116 Å². The smallest absolute Gasteiger partial charge is 0.179 e. The minimum Gasteiger partial charge on any atom is -0.298 e. The highest BCUT2D eigenvalue weighted by molar-refractivity contribution is 8.03. The summed E-state index contributed by atoms with van der Waals surface area (Å²) in [6.45, 7) is 0. The van der Waals surface area contributed by atoms with E-state index in [1.165, 1.54) is 23.1 Å². The summed E-state index contributed by atoms with van der Waals surface area (Å²) in [5.41, 5.74) is 0.573. The number of rotatable bonds is 4. The first-order chi connectivity index (χ1) is 8.24. The number of carbonyl (C=O) groups excluding carboxylic acids is 1. The second-order valence-corrected chi connectivity index (χ2v) is 6.61. The van der Waals surface area contributed by atoms with Gasteiger partial charge in [-0.2, -0.15) is 0 Å². The molecule has 0 aliphatic rings. The van der Waals surface area contributed by atoms with Crippen molar-refractivity contribution in [3.63, 3.8) is 0 Å². The number of thioether (sulfide) groups is 1. The molecular weight excluding hydrogens is 296 g/mol. The van der Waals surface area contributed by atoms with Crippen molar-refractivity contribution in [1.29, 1.82) is 0 Å². The molecule has 0 unspecified atom stereocenters. The summed E-state index contributed by atoms with van der Waals surface area (Å²) in [6.07, 6.45) is 2.74. The first-order valence-electron chi connectivity index (χ1n) is 4.53. The zero-order valence-electron chi connectivity index (χ0n) is 8.71. The van der Waals surface area contributed by atoms with Crippen molar-refractivity contribution in [3.8, 4) is 0 Å². The van der Waals surface area contributed by atoms with E-state index >= 15 is 0 Å². The monoisotopic (exact) mass is 302 g/mol. The van der Waals surface area contributed by atoms with E-state index in [-0.39, 0.29) is 0 Å². The highest BCUT2D eigenvalue weighted by Crippen LogP contribution is 2.37. The number of aromatic nitrogens is 2. The van der Waals surface area contributed by atoms with Gasteiger partial charge in [-0.1, -0.05) is 58.6 Å². The maximum atomic E-state index is 10.9. The van der Waals surface area contributed by atoms with Crippen molar-refractivity contribution in [1.82, 2.24) is 10.2 Å². The molecule has 2 rings (SSSR count). The fourth-order valence-electron chi connectivity index (χ4n) is 1.13. The Morgan fingerprint density at radius 2 is 2.12 bits per heavy atom. The van der Waals surface area contributed by atoms with Gasteiger partial charge in [0.25, 0.3) is 0 Å². The molecule has 0 saturated heterocycles. The van der Waals surface area contributed by atoms with Crippen LogP contribution in [0.15, 0.2) is 31.8 Å². The summed E-state index contributed by atoms with van der Waals surface area (Å²) in [4.78, 5) is 11.7. The minimum atomic E-state index is 0.556. The van der Waals surface area contributed by atoms with E-state index in [1.54, 1.807) is 30.0 Å². The van der Waals surface area contributed by atoms with Crippen LogP contribution in [0.1, 0.15) is 10.4 Å². The SMILES string of the molecule is CSc1nnc(Sc2c(Cl)cccc2C=O)s1. The van der Waals surface area contributed by atoms with E-state index in [2.05, 4.69) is 10.2 Å². The van der Waals surface area contributed by atoms with Crippen LogP contribution in [-0.4, -0.2) is 22.7 Å². The molecule has 0 spiro atoms. The number of aldehydes is 1. The molecule has 7 heteroatoms. The lowest BCUT2D eigenvalue weighted by molar-refractivity contribution is 0.112. The third kappa shape index (κ3) is 3.01. The molecule has 0 radical (unpaired) electrons. The van der Waals surface area contributed by atoms with Crippen LogP contribution >= 0.6 is 46.5 Å². The van der Waals surface area contributed by atoms with E-state index in [9.17, 15) is 4.79 Å². The lowest BCUT2D eigenvalue weighted by Crippen LogP contribution is -1.85. The molecule has 0 atom stereocenters. The van der Waals surface area contributed by atoms with Crippen molar-refractivity contribution in [2.45, 2.75) is 13.6 Å². The predicted octanol–water partition coefficient (Wildman–Crippen LogP) is 3.88. The molecule has 0 N–H and O–H groups in total. The van der Waals surface area contributed by atoms with Crippen LogP contribution < -0.4 is 0 Å². The van der Waals surface area contributed by atoms with Crippen LogP contribution in [0.5, 0.6) is 0 Å². The highest BCUT2D eigenvalue weighted by Gasteiger charge is 2.11. The van der Waals surface area contributed by atoms with Gasteiger partial charge in [-0.25, -0.2) is 0 Å². The average Bonchev–Trinajstić information content (AvgIpc) is 2.79. The summed E-state index contributed by atoms with van der Waals surface area (Å²) < 4.78 is 1.68. The van der Waals surface area contributed by atoms with Gasteiger partial charge in [0, 0.05) is 10.5 Å². The van der Waals surface area contributed by atoms with Crippen LogP contribution in [0.25, 0.3) is 0 Å². The number of benzene rings is 1. The van der Waals surface area contributed by atoms with Crippen LogP contribution in [0.3, 0.4) is 0 Å². The number of hydrogen-bond donors (Lipinski definition) is 0. The quantitative estimate of drug-likeness (QED) is 0.633. The Balaban J connectivity index is 2.31. The normalized spacial score (nSPS) is 10.5. The maximum Gasteiger partial charge on any atom is 0.179 e. The van der Waals surface area contributed by atoms with Gasteiger partial charge in [0.05, 0.1) is 5.02 Å². The standard InChI is InChI=1S/C10H7ClN2OS3/c1-15-9-12-13-10(17-9)16-8-6(5-14)3-2-4-7(8)11/h2-5H,1H3. The van der Waals surface area contributed by atoms with E-state index < -0.39 is 0 Å². The molecule has 0 fully saturated rings. The molecule has 0 saturated carbocycles. The Kier molecular flexibility index (Phi) is 4.44. The summed E-state index contributed by atoms with van der Waals surface area (Å²) in [5, 5.41) is 8.59. The highest BCUT2D eigenvalue weighted by atomic mass is 35.5. The number of nitrogens with zero attached hydrogens (tertiary/aromatic N) is 2. The van der Waals surface area contributed by atoms with Gasteiger partial charge in [0.1, 0.15) is 0 Å². The van der Waals surface area contributed by atoms with Crippen molar-refractivity contribution >= 4 is 52.7 Å². The van der Waals surface area contributed by atoms with E-state index in [4.69, 9.17) is 11.6 Å². The Bertz CT molecular complexity index is 544. The molecule has 3 nitrogen and oxygen atoms in total. The van der Waals surface area contributed by atoms with Gasteiger partial charge in [0.2, 0.25) is 0 Å². The van der Waals surface area contributed by atoms with Gasteiger partial charge in [-0.05, 0) is 12.3 Å². The molecule has 0 aliphatic heterocycles. The van der Waals surface area contributed by atoms with E-state index in [0.29, 0.717) is 10.6 Å². The summed E-state index contributed by atoms with van der Waals surface area (Å²) >= 11 is 10.5. The molecule has 0 amide bonds. The predicted molar refractivity (Wildman–Crippen MR) is 72.7 cm³/mol. The molecule has 1 aromatic heterocycles. The first-order valence-corrected chi connectivity index (χ1v) is 7.77. The number of carbonyl (C=O) groups is 1. The fraction of sp³-hybridized carbons (Fsp3) is 0.100. The molecular formula is C10H7ClN2OS3. The maximum absolute atomic E-state index is 10.9. The fourth-order valence-corrected chi connectivity index (χ4v) is 3.90. The summed E-state index contributed by atoms with van der Waals surface area (Å²) in [6, 6.07) is 5.24. The third-order valence-corrected chi connectivity index (χ3v) is 5.41. The van der Waals surface area contributed by atoms with Gasteiger partial charge in [-0.15, -0.1) is 10.2 Å². The van der Waals surface area contributed by atoms with Crippen molar-refractivity contribution in [3.05, 3.63) is 28.8 Å². The van der Waals surface area contributed by atoms with E-state index in [0.717, 1.165) is 19.9 Å². The summed E-state index contributed by atoms with van der Waals surface area (Å²) in [5.74, 6) is 0. The van der Waals surface area contributed by atoms with Crippen molar-refractivity contribution in [2.24, 2.45) is 0 Å². The number of hydrogen-bond acceptors (Lipinski definition) is 6. The van der Waals surface area contributed by atoms with Crippen LogP contribution in [0.2, 0.25) is 5.02 Å². The van der Waals surface area contributed by atoms with Gasteiger partial charge < -0.3 is 0 Å². The average molecular weight is 303 g/mol. The first kappa shape index (κ1) is 12.9. The van der Waals surface area contributed by atoms with E-state index in [1.807, 2.05) is 6.26 Å². The number of halogens is 1. The van der Waals surface area contributed by atoms with Gasteiger partial charge in [-0.3, -0.25) is 4.79 Å². The molecule has 2 aromatic rings. The second kappa shape index (κ2) is 5.86. The minimum absolute atomic E-state index is 0.556. The Morgan fingerprint density at radius 3 is 2.76 bits per heavy atom. The molecule has 1 heterocycles. The lowest BCUT2D eigenvalue weighted by Gasteiger charge is -2.03. The van der Waals surface area contributed by atoms with Gasteiger partial charge in [0.15, 0.2) is 15.0 Å². The largest absolute Gasteiger partial charge is 0.298 e. The summed E-state index contributed by atoms with van der Waals surface area (Å²) in [7, 11) is 0. The molecule has 17 heavy (non-hydrogen) atoms. The Hall–Kier alpha value is -0.560. The van der Waals surface area contributed by atoms with Crippen molar-refractivity contribution < 1.29 is 4.79 Å². The Morgan fingerprint density at radius 1 is 1.35 bits per heavy atom. The molecule has 0 aliphatic carbocycles. The van der Waals surface area contributed by atoms with Crippen molar-refractivity contribution in [2.75, 3.05) is 6.26 Å². The topological polar surface area (TPSA) is 42.9 Å².